The number of ether oxygens (including phenoxy) is 1. The summed E-state index contributed by atoms with van der Waals surface area (Å²) in [6.45, 7) is 6.25. The average molecular weight is 402 g/mol. The van der Waals surface area contributed by atoms with Crippen molar-refractivity contribution in [3.8, 4) is 5.75 Å². The van der Waals surface area contributed by atoms with Crippen LogP contribution in [0.5, 0.6) is 5.75 Å². The molecule has 0 bridgehead atoms. The second kappa shape index (κ2) is 7.72. The van der Waals surface area contributed by atoms with Gasteiger partial charge in [0, 0.05) is 18.0 Å². The van der Waals surface area contributed by atoms with Gasteiger partial charge in [0.1, 0.15) is 11.8 Å². The number of hydrogen-bond acceptors (Lipinski definition) is 5. The topological polar surface area (TPSA) is 37.7 Å². The third-order valence-corrected chi connectivity index (χ3v) is 6.41. The van der Waals surface area contributed by atoms with E-state index in [2.05, 4.69) is 28.9 Å². The molecule has 1 fully saturated rings. The van der Waals surface area contributed by atoms with Crippen molar-refractivity contribution in [2.24, 2.45) is 4.99 Å². The number of hydrogen-bond donors (Lipinski definition) is 0. The minimum Gasteiger partial charge on any atom is -0.489 e. The van der Waals surface area contributed by atoms with Crippen LogP contribution >= 0.6 is 23.4 Å². The monoisotopic (exact) mass is 401 g/mol. The molecule has 4 rings (SSSR count). The first-order chi connectivity index (χ1) is 13.1. The second-order valence-corrected chi connectivity index (χ2v) is 8.59. The summed E-state index contributed by atoms with van der Waals surface area (Å²) in [6.07, 6.45) is 3.03. The number of amidine groups is 1. The van der Waals surface area contributed by atoms with Gasteiger partial charge in [0.15, 0.2) is 5.17 Å². The molecule has 0 amide bonds. The molecule has 142 valence electrons. The summed E-state index contributed by atoms with van der Waals surface area (Å²) in [5.74, 6) is 1.81. The first kappa shape index (κ1) is 18.6. The Morgan fingerprint density at radius 2 is 2.15 bits per heavy atom. The van der Waals surface area contributed by atoms with Gasteiger partial charge in [-0.05, 0) is 50.1 Å². The lowest BCUT2D eigenvalue weighted by Crippen LogP contribution is -2.35. The van der Waals surface area contributed by atoms with Gasteiger partial charge in [-0.3, -0.25) is 9.98 Å². The minimum absolute atomic E-state index is 0.0176. The molecule has 1 aromatic carbocycles. The summed E-state index contributed by atoms with van der Waals surface area (Å²) in [4.78, 5) is 12.1. The van der Waals surface area contributed by atoms with Gasteiger partial charge < -0.3 is 9.64 Å². The highest BCUT2D eigenvalue weighted by atomic mass is 35.5. The highest BCUT2D eigenvalue weighted by Gasteiger charge is 2.45. The van der Waals surface area contributed by atoms with Gasteiger partial charge >= 0.3 is 0 Å². The van der Waals surface area contributed by atoms with Crippen molar-refractivity contribution in [3.05, 3.63) is 58.9 Å². The van der Waals surface area contributed by atoms with Crippen LogP contribution in [0.25, 0.3) is 0 Å². The largest absolute Gasteiger partial charge is 0.489 e. The van der Waals surface area contributed by atoms with E-state index in [1.165, 1.54) is 0 Å². The molecular weight excluding hydrogens is 378 g/mol. The molecule has 0 spiro atoms. The zero-order chi connectivity index (χ0) is 19.0. The van der Waals surface area contributed by atoms with Crippen LogP contribution in [0.4, 0.5) is 0 Å². The third-order valence-electron chi connectivity index (χ3n) is 4.99. The van der Waals surface area contributed by atoms with E-state index in [1.54, 1.807) is 0 Å². The lowest BCUT2D eigenvalue weighted by Gasteiger charge is -2.32. The van der Waals surface area contributed by atoms with Crippen molar-refractivity contribution in [1.82, 2.24) is 9.88 Å². The lowest BCUT2D eigenvalue weighted by atomic mass is 9.95. The van der Waals surface area contributed by atoms with Gasteiger partial charge in [-0.25, -0.2) is 0 Å². The summed E-state index contributed by atoms with van der Waals surface area (Å²) in [5.41, 5.74) is 2.16. The van der Waals surface area contributed by atoms with Gasteiger partial charge in [0.2, 0.25) is 0 Å². The van der Waals surface area contributed by atoms with E-state index < -0.39 is 0 Å². The Balaban J connectivity index is 1.74. The molecule has 2 aliphatic heterocycles. The van der Waals surface area contributed by atoms with Crippen LogP contribution in [0.15, 0.2) is 47.6 Å². The number of rotatable bonds is 5. The molecule has 6 heteroatoms. The van der Waals surface area contributed by atoms with Crippen molar-refractivity contribution >= 4 is 28.5 Å². The molecule has 0 aliphatic carbocycles. The SMILES string of the molecule is CCC1CSC2=NC(c3ccccn3)C(c3ccc(OC(C)C)c(Cl)c3)N21. The summed E-state index contributed by atoms with van der Waals surface area (Å²) in [7, 11) is 0. The van der Waals surface area contributed by atoms with E-state index in [-0.39, 0.29) is 18.2 Å². The van der Waals surface area contributed by atoms with Gasteiger partial charge in [-0.1, -0.05) is 42.4 Å². The molecule has 1 aromatic heterocycles. The maximum absolute atomic E-state index is 6.56. The first-order valence-electron chi connectivity index (χ1n) is 9.44. The van der Waals surface area contributed by atoms with Crippen molar-refractivity contribution in [3.63, 3.8) is 0 Å². The van der Waals surface area contributed by atoms with E-state index >= 15 is 0 Å². The fourth-order valence-corrected chi connectivity index (χ4v) is 5.33. The normalized spacial score (nSPS) is 24.3. The molecule has 27 heavy (non-hydrogen) atoms. The number of nitrogens with zero attached hydrogens (tertiary/aromatic N) is 3. The number of fused-ring (bicyclic) bond motifs is 1. The van der Waals surface area contributed by atoms with Crippen LogP contribution in [0.2, 0.25) is 5.02 Å². The summed E-state index contributed by atoms with van der Waals surface area (Å²) < 4.78 is 5.81. The maximum Gasteiger partial charge on any atom is 0.160 e. The summed E-state index contributed by atoms with van der Waals surface area (Å²) in [6, 6.07) is 12.8. The Labute approximate surface area is 170 Å². The van der Waals surface area contributed by atoms with E-state index in [0.29, 0.717) is 11.1 Å². The Morgan fingerprint density at radius 3 is 2.81 bits per heavy atom. The van der Waals surface area contributed by atoms with Crippen LogP contribution < -0.4 is 4.74 Å². The quantitative estimate of drug-likeness (QED) is 0.662. The number of pyridine rings is 1. The maximum atomic E-state index is 6.56. The van der Waals surface area contributed by atoms with E-state index in [0.717, 1.165) is 34.3 Å². The van der Waals surface area contributed by atoms with Gasteiger partial charge in [0.25, 0.3) is 0 Å². The second-order valence-electron chi connectivity index (χ2n) is 7.19. The van der Waals surface area contributed by atoms with Crippen LogP contribution in [0, 0.1) is 0 Å². The predicted octanol–water partition coefficient (Wildman–Crippen LogP) is 5.50. The molecule has 0 N–H and O–H groups in total. The van der Waals surface area contributed by atoms with Gasteiger partial charge in [-0.15, -0.1) is 0 Å². The number of halogens is 1. The molecule has 4 nitrogen and oxygen atoms in total. The van der Waals surface area contributed by atoms with E-state index in [4.69, 9.17) is 21.3 Å². The molecular formula is C21H24ClN3OS. The van der Waals surface area contributed by atoms with Crippen LogP contribution in [0.3, 0.4) is 0 Å². The number of benzene rings is 1. The summed E-state index contributed by atoms with van der Waals surface area (Å²) >= 11 is 8.41. The number of aromatic nitrogens is 1. The fourth-order valence-electron chi connectivity index (χ4n) is 3.76. The Kier molecular flexibility index (Phi) is 5.33. The zero-order valence-corrected chi connectivity index (χ0v) is 17.4. The Morgan fingerprint density at radius 1 is 1.30 bits per heavy atom. The van der Waals surface area contributed by atoms with Crippen molar-refractivity contribution in [2.75, 3.05) is 5.75 Å². The minimum atomic E-state index is -0.0176. The van der Waals surface area contributed by atoms with E-state index in [1.807, 2.05) is 56.1 Å². The van der Waals surface area contributed by atoms with E-state index in [9.17, 15) is 0 Å². The van der Waals surface area contributed by atoms with Crippen LogP contribution in [-0.4, -0.2) is 33.0 Å². The highest BCUT2D eigenvalue weighted by Crippen LogP contribution is 2.49. The lowest BCUT2D eigenvalue weighted by molar-refractivity contribution is 0.241. The molecule has 0 saturated carbocycles. The van der Waals surface area contributed by atoms with Crippen molar-refractivity contribution < 1.29 is 4.74 Å². The molecule has 2 aromatic rings. The Hall–Kier alpha value is -1.72. The predicted molar refractivity (Wildman–Crippen MR) is 113 cm³/mol. The van der Waals surface area contributed by atoms with Gasteiger partial charge in [0.05, 0.1) is 22.9 Å². The van der Waals surface area contributed by atoms with Crippen LogP contribution in [0.1, 0.15) is 50.5 Å². The third kappa shape index (κ3) is 3.55. The molecule has 3 heterocycles. The average Bonchev–Trinajstić information content (AvgIpc) is 3.22. The zero-order valence-electron chi connectivity index (χ0n) is 15.8. The van der Waals surface area contributed by atoms with Crippen LogP contribution in [-0.2, 0) is 0 Å². The molecule has 3 atom stereocenters. The Bertz CT molecular complexity index is 843. The first-order valence-corrected chi connectivity index (χ1v) is 10.8. The van der Waals surface area contributed by atoms with Crippen molar-refractivity contribution in [2.45, 2.75) is 51.4 Å². The van der Waals surface area contributed by atoms with Gasteiger partial charge in [-0.2, -0.15) is 0 Å². The molecule has 0 radical (unpaired) electrons. The fraction of sp³-hybridized carbons (Fsp3) is 0.429. The summed E-state index contributed by atoms with van der Waals surface area (Å²) in [5, 5.41) is 1.77. The molecule has 3 unspecified atom stereocenters. The smallest absolute Gasteiger partial charge is 0.160 e. The molecule has 2 aliphatic rings. The highest BCUT2D eigenvalue weighted by molar-refractivity contribution is 8.14. The standard InChI is InChI=1S/C21H24ClN3OS/c1-4-15-12-27-21-24-19(17-7-5-6-10-23-17)20(25(15)21)14-8-9-18(16(22)11-14)26-13(2)3/h5-11,13,15,19-20H,4,12H2,1-3H3. The number of aliphatic imine (C=N–C) groups is 1. The number of thioether (sulfide) groups is 1. The van der Waals surface area contributed by atoms with Crippen molar-refractivity contribution in [1.29, 1.82) is 0 Å². The molecule has 1 saturated heterocycles.